The number of carboxylic acids is 1. The summed E-state index contributed by atoms with van der Waals surface area (Å²) in [6.07, 6.45) is 1.80. The molecule has 10 heteroatoms. The Balaban J connectivity index is 1.80. The van der Waals surface area contributed by atoms with Crippen LogP contribution < -0.4 is 10.6 Å². The molecule has 0 atom stereocenters. The van der Waals surface area contributed by atoms with Gasteiger partial charge in [0, 0.05) is 18.5 Å². The zero-order valence-electron chi connectivity index (χ0n) is 17.1. The van der Waals surface area contributed by atoms with Gasteiger partial charge in [-0.25, -0.2) is 19.8 Å². The van der Waals surface area contributed by atoms with Crippen molar-refractivity contribution in [2.75, 3.05) is 19.0 Å². The lowest BCUT2D eigenvalue weighted by atomic mass is 10.1. The highest BCUT2D eigenvalue weighted by Crippen LogP contribution is 2.23. The van der Waals surface area contributed by atoms with Crippen LogP contribution in [0.1, 0.15) is 19.8 Å². The maximum Gasteiger partial charge on any atom is 0.320 e. The van der Waals surface area contributed by atoms with Crippen LogP contribution in [0.4, 0.5) is 16.3 Å². The van der Waals surface area contributed by atoms with Gasteiger partial charge in [0.15, 0.2) is 11.5 Å². The van der Waals surface area contributed by atoms with E-state index >= 15 is 0 Å². The Labute approximate surface area is 178 Å². The van der Waals surface area contributed by atoms with Gasteiger partial charge >= 0.3 is 12.0 Å². The molecule has 10 nitrogen and oxygen atoms in total. The van der Waals surface area contributed by atoms with Crippen LogP contribution in [0.5, 0.6) is 0 Å². The Kier molecular flexibility index (Phi) is 7.05. The van der Waals surface area contributed by atoms with Gasteiger partial charge in [0.05, 0.1) is 31.1 Å². The van der Waals surface area contributed by atoms with Crippen molar-refractivity contribution in [1.29, 1.82) is 0 Å². The van der Waals surface area contributed by atoms with Crippen molar-refractivity contribution in [3.05, 3.63) is 42.6 Å². The first-order chi connectivity index (χ1) is 15.0. The van der Waals surface area contributed by atoms with Gasteiger partial charge in [-0.3, -0.25) is 15.1 Å². The molecule has 160 valence electrons. The first-order valence-corrected chi connectivity index (χ1v) is 9.61. The number of carbonyl (C=O) groups excluding carboxylic acids is 1. The molecule has 0 aliphatic rings. The minimum Gasteiger partial charge on any atom is -0.484 e. The van der Waals surface area contributed by atoms with Crippen LogP contribution >= 0.6 is 0 Å². The van der Waals surface area contributed by atoms with Crippen LogP contribution in [0.3, 0.4) is 0 Å². The van der Waals surface area contributed by atoms with E-state index < -0.39 is 5.97 Å². The van der Waals surface area contributed by atoms with Gasteiger partial charge in [-0.2, -0.15) is 0 Å². The molecular formula is C21H22N6O4. The predicted octanol–water partition coefficient (Wildman–Crippen LogP) is 3.37. The van der Waals surface area contributed by atoms with Crippen molar-refractivity contribution >= 4 is 40.6 Å². The first kappa shape index (κ1) is 21.6. The molecule has 3 N–H and O–H groups in total. The molecule has 2 amide bonds. The third kappa shape index (κ3) is 5.95. The zero-order valence-corrected chi connectivity index (χ0v) is 17.1. The van der Waals surface area contributed by atoms with Gasteiger partial charge in [0.1, 0.15) is 11.3 Å². The normalized spacial score (nSPS) is 11.2. The van der Waals surface area contributed by atoms with Crippen molar-refractivity contribution in [2.24, 2.45) is 4.99 Å². The highest BCUT2D eigenvalue weighted by atomic mass is 16.5. The molecule has 0 radical (unpaired) electrons. The van der Waals surface area contributed by atoms with Crippen LogP contribution in [-0.2, 0) is 9.53 Å². The molecule has 0 unspecified atom stereocenters. The van der Waals surface area contributed by atoms with E-state index in [1.807, 2.05) is 19.1 Å². The molecule has 31 heavy (non-hydrogen) atoms. The molecule has 3 aromatic rings. The van der Waals surface area contributed by atoms with Gasteiger partial charge in [-0.05, 0) is 31.2 Å². The summed E-state index contributed by atoms with van der Waals surface area (Å²) >= 11 is 0. The number of nitrogens with zero attached hydrogens (tertiary/aromatic N) is 4. The molecule has 3 rings (SSSR count). The van der Waals surface area contributed by atoms with Crippen LogP contribution in [-0.4, -0.2) is 51.6 Å². The van der Waals surface area contributed by atoms with Crippen molar-refractivity contribution < 1.29 is 19.4 Å². The second kappa shape index (κ2) is 10.1. The van der Waals surface area contributed by atoms with E-state index in [0.717, 1.165) is 5.56 Å². The molecule has 2 aromatic heterocycles. The van der Waals surface area contributed by atoms with E-state index in [-0.39, 0.29) is 18.9 Å². The number of urea groups is 1. The summed E-state index contributed by atoms with van der Waals surface area (Å²) in [5.74, 6) is -0.187. The maximum absolute atomic E-state index is 11.7. The van der Waals surface area contributed by atoms with Gasteiger partial charge in [0.25, 0.3) is 0 Å². The fraction of sp³-hybridized carbons (Fsp3) is 0.238. The number of ether oxygens (including phenoxy) is 1. The number of anilines is 1. The lowest BCUT2D eigenvalue weighted by Gasteiger charge is -2.07. The number of pyridine rings is 1. The molecular weight excluding hydrogens is 400 g/mol. The topological polar surface area (TPSA) is 139 Å². The van der Waals surface area contributed by atoms with Gasteiger partial charge in [-0.15, -0.1) is 0 Å². The number of benzene rings is 1. The number of aliphatic carboxylic acids is 1. The Hall–Kier alpha value is -4.08. The number of aliphatic imine (C=N–C) groups is 1. The Morgan fingerprint density at radius 3 is 2.55 bits per heavy atom. The second-order valence-corrected chi connectivity index (χ2v) is 6.43. The van der Waals surface area contributed by atoms with Crippen LogP contribution in [0.2, 0.25) is 0 Å². The fourth-order valence-corrected chi connectivity index (χ4v) is 2.70. The third-order valence-electron chi connectivity index (χ3n) is 4.19. The van der Waals surface area contributed by atoms with Crippen LogP contribution in [0, 0.1) is 0 Å². The molecule has 0 saturated carbocycles. The predicted molar refractivity (Wildman–Crippen MR) is 116 cm³/mol. The molecule has 0 fully saturated rings. The Morgan fingerprint density at radius 2 is 1.87 bits per heavy atom. The van der Waals surface area contributed by atoms with E-state index in [2.05, 4.69) is 30.6 Å². The number of hydrogen-bond donors (Lipinski definition) is 3. The van der Waals surface area contributed by atoms with E-state index in [4.69, 9.17) is 9.84 Å². The number of rotatable bonds is 7. The van der Waals surface area contributed by atoms with Crippen molar-refractivity contribution in [1.82, 2.24) is 20.3 Å². The number of aromatic nitrogens is 3. The van der Waals surface area contributed by atoms with E-state index in [1.165, 1.54) is 7.11 Å². The maximum atomic E-state index is 11.7. The number of nitrogens with one attached hydrogen (secondary N) is 2. The number of carbonyl (C=O) groups is 2. The smallest absolute Gasteiger partial charge is 0.320 e. The SMILES string of the molecule is CCNC(=O)Nc1ccc2ncc(-c3ccc(N=C(CCC(=O)O)OC)cc3)nc2n1. The van der Waals surface area contributed by atoms with Crippen molar-refractivity contribution in [3.63, 3.8) is 0 Å². The first-order valence-electron chi connectivity index (χ1n) is 9.61. The molecule has 0 aliphatic heterocycles. The number of fused-ring (bicyclic) bond motifs is 1. The quantitative estimate of drug-likeness (QED) is 0.392. The number of hydrogen-bond acceptors (Lipinski definition) is 7. The van der Waals surface area contributed by atoms with Crippen molar-refractivity contribution in [2.45, 2.75) is 19.8 Å². The summed E-state index contributed by atoms with van der Waals surface area (Å²) in [5.41, 5.74) is 3.07. The highest BCUT2D eigenvalue weighted by molar-refractivity contribution is 5.89. The molecule has 0 spiro atoms. The second-order valence-electron chi connectivity index (χ2n) is 6.43. The summed E-state index contributed by atoms with van der Waals surface area (Å²) in [7, 11) is 1.46. The summed E-state index contributed by atoms with van der Waals surface area (Å²) in [5, 5.41) is 14.1. The third-order valence-corrected chi connectivity index (χ3v) is 4.19. The van der Waals surface area contributed by atoms with E-state index in [1.54, 1.807) is 30.5 Å². The molecule has 0 bridgehead atoms. The Morgan fingerprint density at radius 1 is 1.10 bits per heavy atom. The van der Waals surface area contributed by atoms with Crippen LogP contribution in [0.15, 0.2) is 47.6 Å². The average molecular weight is 422 g/mol. The highest BCUT2D eigenvalue weighted by Gasteiger charge is 2.08. The van der Waals surface area contributed by atoms with Gasteiger partial charge in [0.2, 0.25) is 0 Å². The minimum atomic E-state index is -0.909. The van der Waals surface area contributed by atoms with Crippen molar-refractivity contribution in [3.8, 4) is 11.3 Å². The molecule has 1 aromatic carbocycles. The summed E-state index contributed by atoms with van der Waals surface area (Å²) < 4.78 is 5.14. The van der Waals surface area contributed by atoms with E-state index in [0.29, 0.717) is 40.8 Å². The lowest BCUT2D eigenvalue weighted by molar-refractivity contribution is -0.136. The summed E-state index contributed by atoms with van der Waals surface area (Å²) in [6.45, 7) is 2.34. The minimum absolute atomic E-state index is 0.0542. The number of methoxy groups -OCH3 is 1. The molecule has 0 saturated heterocycles. The molecule has 2 heterocycles. The van der Waals surface area contributed by atoms with E-state index in [9.17, 15) is 9.59 Å². The number of amides is 2. The summed E-state index contributed by atoms with van der Waals surface area (Å²) in [4.78, 5) is 40.0. The van der Waals surface area contributed by atoms with Gasteiger partial charge in [-0.1, -0.05) is 12.1 Å². The largest absolute Gasteiger partial charge is 0.484 e. The standard InChI is InChI=1S/C21H22N6O4/c1-3-22-21(30)27-17-9-8-15-20(26-17)25-16(12-23-15)13-4-6-14(7-5-13)24-18(31-2)10-11-19(28)29/h4-9,12H,3,10-11H2,1-2H3,(H,28,29)(H2,22,25,26,27,30). The molecule has 0 aliphatic carbocycles. The lowest BCUT2D eigenvalue weighted by Crippen LogP contribution is -2.28. The average Bonchev–Trinajstić information content (AvgIpc) is 2.76. The fourth-order valence-electron chi connectivity index (χ4n) is 2.70. The van der Waals surface area contributed by atoms with Gasteiger partial charge < -0.3 is 15.2 Å². The number of carboxylic acid groups (broad SMARTS) is 1. The Bertz CT molecular complexity index is 1110. The zero-order chi connectivity index (χ0) is 22.2. The summed E-state index contributed by atoms with van der Waals surface area (Å²) in [6, 6.07) is 10.3. The monoisotopic (exact) mass is 422 g/mol. The van der Waals surface area contributed by atoms with Crippen LogP contribution in [0.25, 0.3) is 22.4 Å².